The van der Waals surface area contributed by atoms with Crippen LogP contribution < -0.4 is 19.5 Å². The third kappa shape index (κ3) is 4.31. The van der Waals surface area contributed by atoms with Crippen LogP contribution >= 0.6 is 12.4 Å². The third-order valence-electron chi connectivity index (χ3n) is 4.41. The number of hydrogen-bond donors (Lipinski definition) is 2. The van der Waals surface area contributed by atoms with Crippen molar-refractivity contribution in [2.75, 3.05) is 19.5 Å². The SMILES string of the molecule is COc1ccc(C(=O)Nc2ccc(Oc3cccc4[nH]ccc34)nc2)cc1OC.Cl. The van der Waals surface area contributed by atoms with Gasteiger partial charge in [0.25, 0.3) is 5.91 Å². The summed E-state index contributed by atoms with van der Waals surface area (Å²) >= 11 is 0. The lowest BCUT2D eigenvalue weighted by atomic mass is 10.2. The number of aromatic nitrogens is 2. The smallest absolute Gasteiger partial charge is 0.255 e. The zero-order valence-corrected chi connectivity index (χ0v) is 17.2. The molecule has 4 rings (SSSR count). The van der Waals surface area contributed by atoms with E-state index < -0.39 is 0 Å². The Labute approximate surface area is 179 Å². The molecule has 0 saturated heterocycles. The summed E-state index contributed by atoms with van der Waals surface area (Å²) in [7, 11) is 3.07. The number of rotatable bonds is 6. The Kier molecular flexibility index (Phi) is 6.44. The largest absolute Gasteiger partial charge is 0.493 e. The van der Waals surface area contributed by atoms with Crippen LogP contribution in [0.3, 0.4) is 0 Å². The lowest BCUT2D eigenvalue weighted by molar-refractivity contribution is 0.102. The molecule has 0 atom stereocenters. The average Bonchev–Trinajstić information content (AvgIpc) is 3.24. The van der Waals surface area contributed by atoms with Crippen LogP contribution in [0.2, 0.25) is 0 Å². The number of benzene rings is 2. The van der Waals surface area contributed by atoms with Gasteiger partial charge < -0.3 is 24.5 Å². The summed E-state index contributed by atoms with van der Waals surface area (Å²) < 4.78 is 16.3. The predicted molar refractivity (Wildman–Crippen MR) is 117 cm³/mol. The van der Waals surface area contributed by atoms with Gasteiger partial charge in [-0.25, -0.2) is 4.98 Å². The van der Waals surface area contributed by atoms with Crippen molar-refractivity contribution in [2.45, 2.75) is 0 Å². The van der Waals surface area contributed by atoms with Gasteiger partial charge in [-0.3, -0.25) is 4.79 Å². The summed E-state index contributed by atoms with van der Waals surface area (Å²) in [6.07, 6.45) is 3.41. The number of H-pyrrole nitrogens is 1. The van der Waals surface area contributed by atoms with Crippen LogP contribution in [-0.2, 0) is 0 Å². The molecule has 0 unspecified atom stereocenters. The Balaban J connectivity index is 0.00000256. The van der Waals surface area contributed by atoms with Gasteiger partial charge in [-0.15, -0.1) is 12.4 Å². The number of aromatic amines is 1. The molecule has 0 saturated carbocycles. The molecule has 2 aromatic carbocycles. The minimum atomic E-state index is -0.279. The molecule has 0 radical (unpaired) electrons. The first-order valence-corrected chi connectivity index (χ1v) is 8.91. The molecule has 4 aromatic rings. The van der Waals surface area contributed by atoms with Crippen LogP contribution in [0.15, 0.2) is 67.0 Å². The Morgan fingerprint density at radius 2 is 1.80 bits per heavy atom. The van der Waals surface area contributed by atoms with Crippen molar-refractivity contribution in [2.24, 2.45) is 0 Å². The van der Waals surface area contributed by atoms with E-state index in [0.29, 0.717) is 34.4 Å². The van der Waals surface area contributed by atoms with Crippen molar-refractivity contribution in [3.63, 3.8) is 0 Å². The van der Waals surface area contributed by atoms with Crippen LogP contribution in [0.5, 0.6) is 23.1 Å². The molecule has 0 bridgehead atoms. The lowest BCUT2D eigenvalue weighted by Gasteiger charge is -2.10. The number of amides is 1. The van der Waals surface area contributed by atoms with Gasteiger partial charge in [-0.1, -0.05) is 6.07 Å². The summed E-state index contributed by atoms with van der Waals surface area (Å²) in [5, 5.41) is 3.78. The van der Waals surface area contributed by atoms with E-state index in [1.165, 1.54) is 7.11 Å². The van der Waals surface area contributed by atoms with Gasteiger partial charge in [0.05, 0.1) is 26.1 Å². The van der Waals surface area contributed by atoms with Crippen molar-refractivity contribution in [3.8, 4) is 23.1 Å². The molecule has 2 aromatic heterocycles. The topological polar surface area (TPSA) is 85.5 Å². The highest BCUT2D eigenvalue weighted by Crippen LogP contribution is 2.29. The fourth-order valence-corrected chi connectivity index (χ4v) is 2.95. The van der Waals surface area contributed by atoms with E-state index in [-0.39, 0.29) is 18.3 Å². The monoisotopic (exact) mass is 425 g/mol. The zero-order valence-electron chi connectivity index (χ0n) is 16.3. The normalized spacial score (nSPS) is 10.2. The molecule has 30 heavy (non-hydrogen) atoms. The molecule has 7 nitrogen and oxygen atoms in total. The lowest BCUT2D eigenvalue weighted by Crippen LogP contribution is -2.12. The fraction of sp³-hybridized carbons (Fsp3) is 0.0909. The summed E-state index contributed by atoms with van der Waals surface area (Å²) in [6.45, 7) is 0. The number of methoxy groups -OCH3 is 2. The van der Waals surface area contributed by atoms with Gasteiger partial charge >= 0.3 is 0 Å². The quantitative estimate of drug-likeness (QED) is 0.451. The molecule has 0 aliphatic rings. The van der Waals surface area contributed by atoms with Crippen LogP contribution in [0, 0.1) is 0 Å². The van der Waals surface area contributed by atoms with Gasteiger partial charge in [0, 0.05) is 28.7 Å². The number of pyridine rings is 1. The Hall–Kier alpha value is -3.71. The maximum atomic E-state index is 12.5. The van der Waals surface area contributed by atoms with E-state index in [1.807, 2.05) is 30.5 Å². The second-order valence-electron chi connectivity index (χ2n) is 6.21. The number of ether oxygens (including phenoxy) is 3. The van der Waals surface area contributed by atoms with Crippen molar-refractivity contribution >= 4 is 34.9 Å². The first-order valence-electron chi connectivity index (χ1n) is 8.91. The van der Waals surface area contributed by atoms with Gasteiger partial charge in [0.15, 0.2) is 11.5 Å². The fourth-order valence-electron chi connectivity index (χ4n) is 2.95. The van der Waals surface area contributed by atoms with Crippen LogP contribution in [0.25, 0.3) is 10.9 Å². The number of halogens is 1. The van der Waals surface area contributed by atoms with Crippen LogP contribution in [-0.4, -0.2) is 30.1 Å². The van der Waals surface area contributed by atoms with Crippen molar-refractivity contribution in [1.29, 1.82) is 0 Å². The predicted octanol–water partition coefficient (Wildman–Crippen LogP) is 5.05. The summed E-state index contributed by atoms with van der Waals surface area (Å²) in [4.78, 5) is 19.9. The van der Waals surface area contributed by atoms with Crippen LogP contribution in [0.1, 0.15) is 10.4 Å². The number of anilines is 1. The first kappa shape index (κ1) is 21.0. The highest BCUT2D eigenvalue weighted by atomic mass is 35.5. The number of carbonyl (C=O) groups is 1. The van der Waals surface area contributed by atoms with Gasteiger partial charge in [-0.2, -0.15) is 0 Å². The molecule has 0 spiro atoms. The van der Waals surface area contributed by atoms with Crippen molar-refractivity contribution in [3.05, 3.63) is 72.6 Å². The maximum absolute atomic E-state index is 12.5. The molecule has 2 N–H and O–H groups in total. The summed E-state index contributed by atoms with van der Waals surface area (Å²) in [6, 6.07) is 16.1. The Morgan fingerprint density at radius 1 is 0.967 bits per heavy atom. The number of nitrogens with one attached hydrogen (secondary N) is 2. The molecule has 0 aliphatic heterocycles. The van der Waals surface area contributed by atoms with Crippen LogP contribution in [0.4, 0.5) is 5.69 Å². The van der Waals surface area contributed by atoms with Crippen molar-refractivity contribution in [1.82, 2.24) is 9.97 Å². The summed E-state index contributed by atoms with van der Waals surface area (Å²) in [5.74, 6) is 1.91. The second-order valence-corrected chi connectivity index (χ2v) is 6.21. The molecule has 1 amide bonds. The summed E-state index contributed by atoms with van der Waals surface area (Å²) in [5.41, 5.74) is 1.99. The Morgan fingerprint density at radius 3 is 2.53 bits per heavy atom. The highest BCUT2D eigenvalue weighted by Gasteiger charge is 2.12. The third-order valence-corrected chi connectivity index (χ3v) is 4.41. The van der Waals surface area contributed by atoms with E-state index in [4.69, 9.17) is 14.2 Å². The van der Waals surface area contributed by atoms with Crippen molar-refractivity contribution < 1.29 is 19.0 Å². The number of nitrogens with zero attached hydrogens (tertiary/aromatic N) is 1. The van der Waals surface area contributed by atoms with Gasteiger partial charge in [-0.05, 0) is 42.5 Å². The molecule has 0 aliphatic carbocycles. The maximum Gasteiger partial charge on any atom is 0.255 e. The Bertz CT molecular complexity index is 1160. The number of fused-ring (bicyclic) bond motifs is 1. The molecule has 8 heteroatoms. The van der Waals surface area contributed by atoms with E-state index in [0.717, 1.165) is 10.9 Å². The van der Waals surface area contributed by atoms with Gasteiger partial charge in [0.1, 0.15) is 5.75 Å². The van der Waals surface area contributed by atoms with E-state index >= 15 is 0 Å². The van der Waals surface area contributed by atoms with E-state index in [2.05, 4.69) is 15.3 Å². The highest BCUT2D eigenvalue weighted by molar-refractivity contribution is 6.04. The molecular weight excluding hydrogens is 406 g/mol. The minimum Gasteiger partial charge on any atom is -0.493 e. The van der Waals surface area contributed by atoms with E-state index in [1.54, 1.807) is 43.6 Å². The molecule has 2 heterocycles. The van der Waals surface area contributed by atoms with Gasteiger partial charge in [0.2, 0.25) is 5.88 Å². The molecule has 0 fully saturated rings. The standard InChI is InChI=1S/C22H19N3O4.ClH/c1-27-19-8-6-14(12-20(19)28-2)22(26)25-15-7-9-21(24-13-15)29-18-5-3-4-17-16(18)10-11-23-17;/h3-13,23H,1-2H3,(H,25,26);1H. The number of hydrogen-bond acceptors (Lipinski definition) is 5. The zero-order chi connectivity index (χ0) is 20.2. The molecule has 154 valence electrons. The average molecular weight is 426 g/mol. The van der Waals surface area contributed by atoms with E-state index in [9.17, 15) is 4.79 Å². The first-order chi connectivity index (χ1) is 14.2. The number of carbonyl (C=O) groups excluding carboxylic acids is 1. The molecular formula is C22H20ClN3O4. The minimum absolute atomic E-state index is 0. The second kappa shape index (κ2) is 9.19.